The minimum absolute atomic E-state index is 0.0311. The molecule has 18 heavy (non-hydrogen) atoms. The molecule has 0 saturated heterocycles. The molecule has 0 saturated carbocycles. The van der Waals surface area contributed by atoms with Crippen LogP contribution in [0.2, 0.25) is 0 Å². The number of hydrogen-bond donors (Lipinski definition) is 2. The molecule has 1 unspecified atom stereocenters. The molecule has 0 spiro atoms. The first-order valence-corrected chi connectivity index (χ1v) is 7.32. The van der Waals surface area contributed by atoms with Gasteiger partial charge in [0.15, 0.2) is 5.03 Å². The lowest BCUT2D eigenvalue weighted by atomic mass is 9.89. The predicted molar refractivity (Wildman–Crippen MR) is 73.0 cm³/mol. The molecule has 102 valence electrons. The summed E-state index contributed by atoms with van der Waals surface area (Å²) in [6.45, 7) is 7.80. The summed E-state index contributed by atoms with van der Waals surface area (Å²) in [4.78, 5) is 3.94. The maximum atomic E-state index is 12.3. The summed E-state index contributed by atoms with van der Waals surface area (Å²) in [6.07, 6.45) is 1.47. The summed E-state index contributed by atoms with van der Waals surface area (Å²) in [5.74, 6) is 0. The fourth-order valence-corrected chi connectivity index (χ4v) is 2.85. The highest BCUT2D eigenvalue weighted by Gasteiger charge is 2.28. The molecule has 1 aromatic rings. The van der Waals surface area contributed by atoms with Crippen LogP contribution >= 0.6 is 0 Å². The molecule has 1 rings (SSSR count). The molecule has 2 N–H and O–H groups in total. The molecule has 0 radical (unpaired) electrons. The first kappa shape index (κ1) is 14.9. The van der Waals surface area contributed by atoms with Crippen LogP contribution < -0.4 is 10.0 Å². The highest BCUT2D eigenvalue weighted by molar-refractivity contribution is 7.89. The Morgan fingerprint density at radius 2 is 1.94 bits per heavy atom. The molecule has 1 atom stereocenters. The number of nitrogens with zero attached hydrogens (tertiary/aromatic N) is 1. The van der Waals surface area contributed by atoms with E-state index in [0.29, 0.717) is 5.69 Å². The van der Waals surface area contributed by atoms with E-state index in [-0.39, 0.29) is 16.5 Å². The van der Waals surface area contributed by atoms with E-state index in [0.717, 1.165) is 0 Å². The van der Waals surface area contributed by atoms with E-state index in [2.05, 4.69) is 15.0 Å². The van der Waals surface area contributed by atoms with Crippen molar-refractivity contribution in [3.8, 4) is 0 Å². The van der Waals surface area contributed by atoms with Gasteiger partial charge in [0.2, 0.25) is 0 Å². The molecule has 0 amide bonds. The standard InChI is InChI=1S/C12H21N3O2S/c1-9(12(2,3)4)15-18(16,17)11-10(13-5)7-6-8-14-11/h6-9,13,15H,1-5H3. The molecular weight excluding hydrogens is 250 g/mol. The first-order valence-electron chi connectivity index (χ1n) is 5.83. The molecule has 1 aromatic heterocycles. The zero-order valence-electron chi connectivity index (χ0n) is 11.5. The number of anilines is 1. The van der Waals surface area contributed by atoms with Crippen molar-refractivity contribution < 1.29 is 8.42 Å². The van der Waals surface area contributed by atoms with Crippen LogP contribution in [0.3, 0.4) is 0 Å². The van der Waals surface area contributed by atoms with Gasteiger partial charge < -0.3 is 5.32 Å². The van der Waals surface area contributed by atoms with Crippen LogP contribution in [-0.2, 0) is 10.0 Å². The molecule has 0 aliphatic heterocycles. The Kier molecular flexibility index (Phi) is 4.34. The van der Waals surface area contributed by atoms with Crippen LogP contribution in [0.4, 0.5) is 5.69 Å². The number of sulfonamides is 1. The second-order valence-electron chi connectivity index (χ2n) is 5.32. The van der Waals surface area contributed by atoms with Gasteiger partial charge in [-0.15, -0.1) is 0 Å². The Morgan fingerprint density at radius 3 is 2.44 bits per heavy atom. The van der Waals surface area contributed by atoms with Crippen LogP contribution in [-0.4, -0.2) is 26.5 Å². The molecule has 6 heteroatoms. The lowest BCUT2D eigenvalue weighted by Crippen LogP contribution is -2.41. The van der Waals surface area contributed by atoms with Gasteiger partial charge in [-0.1, -0.05) is 20.8 Å². The summed E-state index contributed by atoms with van der Waals surface area (Å²) in [5, 5.41) is 2.86. The Bertz CT molecular complexity index is 506. The lowest BCUT2D eigenvalue weighted by molar-refractivity contribution is 0.317. The average molecular weight is 271 g/mol. The van der Waals surface area contributed by atoms with Gasteiger partial charge in [-0.2, -0.15) is 0 Å². The van der Waals surface area contributed by atoms with Gasteiger partial charge in [0, 0.05) is 19.3 Å². The van der Waals surface area contributed by atoms with E-state index in [9.17, 15) is 8.42 Å². The van der Waals surface area contributed by atoms with Crippen LogP contribution in [0.25, 0.3) is 0 Å². The van der Waals surface area contributed by atoms with Crippen molar-refractivity contribution in [2.75, 3.05) is 12.4 Å². The summed E-state index contributed by atoms with van der Waals surface area (Å²) in [7, 11) is -1.94. The molecule has 5 nitrogen and oxygen atoms in total. The third-order valence-corrected chi connectivity index (χ3v) is 4.42. The second kappa shape index (κ2) is 5.24. The monoisotopic (exact) mass is 271 g/mol. The third-order valence-electron chi connectivity index (χ3n) is 2.93. The maximum Gasteiger partial charge on any atom is 0.260 e. The van der Waals surface area contributed by atoms with Crippen molar-refractivity contribution in [1.29, 1.82) is 0 Å². The zero-order valence-corrected chi connectivity index (χ0v) is 12.3. The van der Waals surface area contributed by atoms with Gasteiger partial charge >= 0.3 is 0 Å². The zero-order chi connectivity index (χ0) is 14.0. The maximum absolute atomic E-state index is 12.3. The molecule has 0 aromatic carbocycles. The number of pyridine rings is 1. The van der Waals surface area contributed by atoms with E-state index in [4.69, 9.17) is 0 Å². The molecule has 0 fully saturated rings. The molecule has 0 bridgehead atoms. The Hall–Kier alpha value is -1.14. The van der Waals surface area contributed by atoms with Crippen LogP contribution in [0, 0.1) is 5.41 Å². The van der Waals surface area contributed by atoms with E-state index in [1.807, 2.05) is 27.7 Å². The van der Waals surface area contributed by atoms with E-state index < -0.39 is 10.0 Å². The van der Waals surface area contributed by atoms with Gasteiger partial charge in [0.1, 0.15) is 0 Å². The van der Waals surface area contributed by atoms with Gasteiger partial charge in [0.25, 0.3) is 10.0 Å². The minimum atomic E-state index is -3.61. The van der Waals surface area contributed by atoms with Crippen molar-refractivity contribution in [2.45, 2.75) is 38.8 Å². The third kappa shape index (κ3) is 3.43. The largest absolute Gasteiger partial charge is 0.386 e. The van der Waals surface area contributed by atoms with E-state index in [1.54, 1.807) is 19.2 Å². The first-order chi connectivity index (χ1) is 8.18. The fraction of sp³-hybridized carbons (Fsp3) is 0.583. The van der Waals surface area contributed by atoms with E-state index in [1.165, 1.54) is 6.20 Å². The normalized spacial score (nSPS) is 14.3. The number of nitrogens with one attached hydrogen (secondary N) is 2. The summed E-state index contributed by atoms with van der Waals surface area (Å²) in [5.41, 5.74) is 0.341. The van der Waals surface area contributed by atoms with Crippen molar-refractivity contribution in [1.82, 2.24) is 9.71 Å². The smallest absolute Gasteiger partial charge is 0.260 e. The predicted octanol–water partition coefficient (Wildman–Crippen LogP) is 1.84. The second-order valence-corrected chi connectivity index (χ2v) is 6.94. The van der Waals surface area contributed by atoms with Crippen LogP contribution in [0.1, 0.15) is 27.7 Å². The number of hydrogen-bond acceptors (Lipinski definition) is 4. The molecule has 0 aliphatic rings. The summed E-state index contributed by atoms with van der Waals surface area (Å²) >= 11 is 0. The van der Waals surface area contributed by atoms with Gasteiger partial charge in [-0.3, -0.25) is 0 Å². The number of aromatic nitrogens is 1. The number of rotatable bonds is 4. The fourth-order valence-electron chi connectivity index (χ4n) is 1.26. The average Bonchev–Trinajstić information content (AvgIpc) is 2.27. The Labute approximate surface area is 109 Å². The van der Waals surface area contributed by atoms with E-state index >= 15 is 0 Å². The van der Waals surface area contributed by atoms with Crippen molar-refractivity contribution in [3.63, 3.8) is 0 Å². The van der Waals surface area contributed by atoms with Crippen LogP contribution in [0.15, 0.2) is 23.4 Å². The Balaban J connectivity index is 3.08. The van der Waals surface area contributed by atoms with Crippen molar-refractivity contribution in [2.24, 2.45) is 5.41 Å². The molecule has 1 heterocycles. The van der Waals surface area contributed by atoms with Crippen LogP contribution in [0.5, 0.6) is 0 Å². The van der Waals surface area contributed by atoms with Crippen molar-refractivity contribution >= 4 is 15.7 Å². The summed E-state index contributed by atoms with van der Waals surface area (Å²) in [6, 6.07) is 3.19. The van der Waals surface area contributed by atoms with Crippen molar-refractivity contribution in [3.05, 3.63) is 18.3 Å². The minimum Gasteiger partial charge on any atom is -0.386 e. The highest BCUT2D eigenvalue weighted by Crippen LogP contribution is 2.22. The topological polar surface area (TPSA) is 71.1 Å². The SMILES string of the molecule is CNc1cccnc1S(=O)(=O)NC(C)C(C)(C)C. The molecule has 0 aliphatic carbocycles. The summed E-state index contributed by atoms with van der Waals surface area (Å²) < 4.78 is 27.2. The quantitative estimate of drug-likeness (QED) is 0.876. The van der Waals surface area contributed by atoms with Gasteiger partial charge in [-0.25, -0.2) is 18.1 Å². The highest BCUT2D eigenvalue weighted by atomic mass is 32.2. The molecular formula is C12H21N3O2S. The lowest BCUT2D eigenvalue weighted by Gasteiger charge is -2.27. The Morgan fingerprint density at radius 1 is 1.33 bits per heavy atom. The van der Waals surface area contributed by atoms with Gasteiger partial charge in [0.05, 0.1) is 5.69 Å². The van der Waals surface area contributed by atoms with Gasteiger partial charge in [-0.05, 0) is 24.5 Å².